The van der Waals surface area contributed by atoms with Crippen LogP contribution in [0, 0.1) is 6.92 Å². The summed E-state index contributed by atoms with van der Waals surface area (Å²) in [6.07, 6.45) is 1.53. The van der Waals surface area contributed by atoms with Crippen molar-refractivity contribution in [1.82, 2.24) is 15.1 Å². The van der Waals surface area contributed by atoms with E-state index >= 15 is 0 Å². The molecule has 3 heterocycles. The molecule has 26 heavy (non-hydrogen) atoms. The molecule has 5 rings (SSSR count). The number of benzene rings is 1. The molecule has 2 aromatic heterocycles. The molecule has 0 radical (unpaired) electrons. The lowest BCUT2D eigenvalue weighted by atomic mass is 10.1. The topological polar surface area (TPSA) is 72.1 Å². The molecule has 0 N–H and O–H groups in total. The second-order valence-electron chi connectivity index (χ2n) is 6.69. The number of anilines is 2. The number of aryl methyl sites for hydroxylation is 1. The number of hydrogen-bond donors (Lipinski definition) is 0. The molecule has 0 saturated heterocycles. The predicted molar refractivity (Wildman–Crippen MR) is 91.8 cm³/mol. The Labute approximate surface area is 148 Å². The largest absolute Gasteiger partial charge is 0.339 e. The zero-order chi connectivity index (χ0) is 17.8. The van der Waals surface area contributed by atoms with Gasteiger partial charge in [0.15, 0.2) is 0 Å². The van der Waals surface area contributed by atoms with Crippen molar-refractivity contribution in [3.63, 3.8) is 0 Å². The van der Waals surface area contributed by atoms with Gasteiger partial charge in [0, 0.05) is 11.8 Å². The van der Waals surface area contributed by atoms with E-state index in [0.29, 0.717) is 18.1 Å². The van der Waals surface area contributed by atoms with Gasteiger partial charge in [-0.15, -0.1) is 0 Å². The van der Waals surface area contributed by atoms with Gasteiger partial charge in [-0.25, -0.2) is 4.39 Å². The Morgan fingerprint density at radius 1 is 1.27 bits per heavy atom. The number of pyridine rings is 1. The number of amides is 1. The lowest BCUT2D eigenvalue weighted by Crippen LogP contribution is -2.21. The number of fused-ring (bicyclic) bond motifs is 1. The normalized spacial score (nSPS) is 21.2. The fourth-order valence-electron chi connectivity index (χ4n) is 3.30. The Morgan fingerprint density at radius 2 is 2.12 bits per heavy atom. The lowest BCUT2D eigenvalue weighted by molar-refractivity contribution is -0.116. The Balaban J connectivity index is 1.55. The van der Waals surface area contributed by atoms with Crippen molar-refractivity contribution in [3.8, 4) is 11.4 Å². The first-order chi connectivity index (χ1) is 12.6. The molecule has 1 aliphatic carbocycles. The smallest absolute Gasteiger partial charge is 0.237 e. The number of aromatic nitrogens is 3. The van der Waals surface area contributed by atoms with Gasteiger partial charge in [-0.05, 0) is 37.1 Å². The monoisotopic (exact) mass is 350 g/mol. The fraction of sp³-hybridized carbons (Fsp3) is 0.263. The van der Waals surface area contributed by atoms with Gasteiger partial charge in [-0.3, -0.25) is 14.7 Å². The first kappa shape index (κ1) is 15.2. The molecule has 1 fully saturated rings. The van der Waals surface area contributed by atoms with Gasteiger partial charge in [-0.1, -0.05) is 17.3 Å². The van der Waals surface area contributed by atoms with E-state index in [-0.39, 0.29) is 18.2 Å². The van der Waals surface area contributed by atoms with Crippen molar-refractivity contribution in [2.45, 2.75) is 31.9 Å². The first-order valence-electron chi connectivity index (χ1n) is 8.47. The van der Waals surface area contributed by atoms with Crippen LogP contribution < -0.4 is 4.90 Å². The molecule has 0 unspecified atom stereocenters. The SMILES string of the molecule is Cc1ccc(-c2noc([C@H]3C[C@@H]3F)n2)cc1N1C(=O)Cc2ncccc21. The summed E-state index contributed by atoms with van der Waals surface area (Å²) in [5.74, 6) is 0.435. The van der Waals surface area contributed by atoms with Gasteiger partial charge in [0.25, 0.3) is 0 Å². The third-order valence-electron chi connectivity index (χ3n) is 4.85. The summed E-state index contributed by atoms with van der Waals surface area (Å²) in [5, 5.41) is 3.97. The molecule has 1 saturated carbocycles. The van der Waals surface area contributed by atoms with Crippen LogP contribution in [-0.2, 0) is 11.2 Å². The summed E-state index contributed by atoms with van der Waals surface area (Å²) in [6, 6.07) is 9.36. The molecule has 3 aromatic rings. The minimum atomic E-state index is -0.886. The number of halogens is 1. The highest BCUT2D eigenvalue weighted by atomic mass is 19.1. The number of carbonyl (C=O) groups excluding carboxylic acids is 1. The van der Waals surface area contributed by atoms with Gasteiger partial charge in [0.05, 0.1) is 29.4 Å². The van der Waals surface area contributed by atoms with Crippen LogP contribution in [0.4, 0.5) is 15.8 Å². The van der Waals surface area contributed by atoms with E-state index in [4.69, 9.17) is 4.52 Å². The molecule has 0 spiro atoms. The highest BCUT2D eigenvalue weighted by Crippen LogP contribution is 2.43. The quantitative estimate of drug-likeness (QED) is 0.723. The molecular formula is C19H15FN4O2. The summed E-state index contributed by atoms with van der Waals surface area (Å²) in [5.41, 5.74) is 4.01. The van der Waals surface area contributed by atoms with Crippen molar-refractivity contribution in [2.24, 2.45) is 0 Å². The summed E-state index contributed by atoms with van der Waals surface area (Å²) < 4.78 is 18.4. The van der Waals surface area contributed by atoms with E-state index < -0.39 is 6.17 Å². The zero-order valence-corrected chi connectivity index (χ0v) is 14.0. The second kappa shape index (κ2) is 5.45. The zero-order valence-electron chi connectivity index (χ0n) is 14.0. The Kier molecular flexibility index (Phi) is 3.19. The fourth-order valence-corrected chi connectivity index (χ4v) is 3.30. The van der Waals surface area contributed by atoms with Gasteiger partial charge >= 0.3 is 0 Å². The molecule has 1 aromatic carbocycles. The third-order valence-corrected chi connectivity index (χ3v) is 4.85. The maximum atomic E-state index is 13.2. The molecule has 1 aliphatic heterocycles. The van der Waals surface area contributed by atoms with Gasteiger partial charge in [-0.2, -0.15) is 4.98 Å². The maximum absolute atomic E-state index is 13.2. The number of carbonyl (C=O) groups is 1. The van der Waals surface area contributed by atoms with Crippen molar-refractivity contribution < 1.29 is 13.7 Å². The highest BCUT2D eigenvalue weighted by Gasteiger charge is 2.43. The van der Waals surface area contributed by atoms with Crippen LogP contribution in [0.25, 0.3) is 11.4 Å². The van der Waals surface area contributed by atoms with Crippen LogP contribution in [0.2, 0.25) is 0 Å². The molecule has 130 valence electrons. The van der Waals surface area contributed by atoms with E-state index in [0.717, 1.165) is 28.2 Å². The second-order valence-corrected chi connectivity index (χ2v) is 6.69. The Morgan fingerprint density at radius 3 is 2.92 bits per heavy atom. The van der Waals surface area contributed by atoms with E-state index in [1.807, 2.05) is 37.3 Å². The van der Waals surface area contributed by atoms with Crippen LogP contribution in [0.3, 0.4) is 0 Å². The van der Waals surface area contributed by atoms with Gasteiger partial charge < -0.3 is 4.52 Å². The third kappa shape index (κ3) is 2.31. The average Bonchev–Trinajstić information content (AvgIpc) is 3.06. The lowest BCUT2D eigenvalue weighted by Gasteiger charge is -2.20. The van der Waals surface area contributed by atoms with E-state index in [1.165, 1.54) is 0 Å². The van der Waals surface area contributed by atoms with Crippen LogP contribution >= 0.6 is 0 Å². The van der Waals surface area contributed by atoms with E-state index in [2.05, 4.69) is 15.1 Å². The van der Waals surface area contributed by atoms with E-state index in [1.54, 1.807) is 11.1 Å². The van der Waals surface area contributed by atoms with Crippen LogP contribution in [0.5, 0.6) is 0 Å². The molecule has 6 nitrogen and oxygen atoms in total. The minimum Gasteiger partial charge on any atom is -0.339 e. The molecule has 2 aliphatic rings. The van der Waals surface area contributed by atoms with E-state index in [9.17, 15) is 9.18 Å². The van der Waals surface area contributed by atoms with Crippen molar-refractivity contribution in [3.05, 3.63) is 53.7 Å². The molecule has 2 atom stereocenters. The highest BCUT2D eigenvalue weighted by molar-refractivity contribution is 6.07. The summed E-state index contributed by atoms with van der Waals surface area (Å²) in [7, 11) is 0. The molecule has 0 bridgehead atoms. The van der Waals surface area contributed by atoms with Gasteiger partial charge in [0.2, 0.25) is 17.6 Å². The summed E-state index contributed by atoms with van der Waals surface area (Å²) >= 11 is 0. The van der Waals surface area contributed by atoms with Crippen LogP contribution in [0.15, 0.2) is 41.1 Å². The number of rotatable bonds is 3. The maximum Gasteiger partial charge on any atom is 0.237 e. The molecular weight excluding hydrogens is 335 g/mol. The van der Waals surface area contributed by atoms with Crippen LogP contribution in [-0.4, -0.2) is 27.2 Å². The predicted octanol–water partition coefficient (Wildman–Crippen LogP) is 3.49. The molecule has 7 heteroatoms. The number of alkyl halides is 1. The van der Waals surface area contributed by atoms with Crippen molar-refractivity contribution in [1.29, 1.82) is 0 Å². The first-order valence-corrected chi connectivity index (χ1v) is 8.47. The summed E-state index contributed by atoms with van der Waals surface area (Å²) in [6.45, 7) is 1.94. The molecule has 1 amide bonds. The van der Waals surface area contributed by atoms with Crippen LogP contribution in [0.1, 0.15) is 29.5 Å². The van der Waals surface area contributed by atoms with Crippen molar-refractivity contribution >= 4 is 17.3 Å². The summed E-state index contributed by atoms with van der Waals surface area (Å²) in [4.78, 5) is 22.9. The minimum absolute atomic E-state index is 0.0222. The number of nitrogens with zero attached hydrogens (tertiary/aromatic N) is 4. The van der Waals surface area contributed by atoms with Gasteiger partial charge in [0.1, 0.15) is 6.17 Å². The Hall–Kier alpha value is -3.09. The average molecular weight is 350 g/mol. The standard InChI is InChI=1S/C19H15FN4O2/c1-10-4-5-11(18-22-19(26-23-18)12-8-13(12)20)7-16(10)24-15-3-2-6-21-14(15)9-17(24)25/h2-7,12-13H,8-9H2,1H3/t12-,13-/m0/s1. The Bertz CT molecular complexity index is 1030. The number of hydrogen-bond acceptors (Lipinski definition) is 5. The van der Waals surface area contributed by atoms with Crippen molar-refractivity contribution in [2.75, 3.05) is 4.90 Å².